The molecule has 0 aromatic rings. The molecule has 1 nitrogen and oxygen atoms in total. The summed E-state index contributed by atoms with van der Waals surface area (Å²) in [5.74, 6) is 0. The molecule has 0 unspecified atom stereocenters. The zero-order chi connectivity index (χ0) is 2.71. The zero-order valence-corrected chi connectivity index (χ0v) is 10.0. The van der Waals surface area contributed by atoms with E-state index in [1.54, 1.807) is 4.37 Å². The Morgan fingerprint density at radius 3 is 1.60 bits per heavy atom. The van der Waals surface area contributed by atoms with E-state index in [9.17, 15) is 0 Å². The molecule has 0 rings (SSSR count). The molecule has 0 aliphatic rings. The Hall–Kier alpha value is 1.63. The summed E-state index contributed by atoms with van der Waals surface area (Å²) in [6.45, 7) is 0. The number of hydrogen-bond donors (Lipinski definition) is 0. The first-order chi connectivity index (χ1) is 1.41. The first-order valence-electron chi connectivity index (χ1n) is 0.474. The van der Waals surface area contributed by atoms with Crippen LogP contribution in [0.5, 0.6) is 0 Å². The van der Waals surface area contributed by atoms with E-state index in [0.717, 1.165) is 0 Å². The molecule has 0 N–H and O–H groups in total. The van der Waals surface area contributed by atoms with E-state index < -0.39 is 0 Å². The molecule has 0 aliphatic heterocycles. The molecule has 1 radical (unpaired) electrons. The monoisotopic (exact) mass is 439 g/mol. The number of rotatable bonds is 0. The minimum absolute atomic E-state index is 0. The Labute approximate surface area is 72.7 Å². The third kappa shape index (κ3) is 27.9. The predicted molar refractivity (Wildman–Crippen MR) is 5.61 cm³/mol. The Morgan fingerprint density at radius 1 is 1.60 bits per heavy atom. The molecular formula is CNTaTiW. The maximum absolute atomic E-state index is 7.32. The van der Waals surface area contributed by atoms with E-state index in [0.29, 0.717) is 0 Å². The summed E-state index contributed by atoms with van der Waals surface area (Å²) < 4.78 is 1.75. The summed E-state index contributed by atoms with van der Waals surface area (Å²) in [7, 11) is 0. The molecule has 0 spiro atoms. The smallest absolute Gasteiger partial charge is 0 e. The summed E-state index contributed by atoms with van der Waals surface area (Å²) in [4.78, 5) is 0. The van der Waals surface area contributed by atoms with Gasteiger partial charge in [-0.15, -0.1) is 0 Å². The van der Waals surface area contributed by atoms with Crippen LogP contribution in [0.25, 0.3) is 0 Å². The second-order valence-corrected chi connectivity index (χ2v) is 0.461. The summed E-state index contributed by atoms with van der Waals surface area (Å²) in [5.41, 5.74) is 0. The fraction of sp³-hybridized carbons (Fsp3) is 0. The standard InChI is InChI=1S/CN.Ta.Ti.W/c1-2;;;. The molecule has 0 fully saturated rings. The Morgan fingerprint density at radius 2 is 1.60 bits per heavy atom. The van der Waals surface area contributed by atoms with Crippen LogP contribution in [0.1, 0.15) is 0 Å². The normalized spacial score (nSPS) is 1.20. The van der Waals surface area contributed by atoms with Crippen molar-refractivity contribution in [2.75, 3.05) is 0 Å². The van der Waals surface area contributed by atoms with Crippen molar-refractivity contribution in [1.82, 2.24) is 0 Å². The van der Waals surface area contributed by atoms with Crippen molar-refractivity contribution in [2.24, 2.45) is 0 Å². The zero-order valence-electron chi connectivity index (χ0n) is 2.30. The van der Waals surface area contributed by atoms with Gasteiger partial charge in [0.1, 0.15) is 0 Å². The Kier molecular flexibility index (Phi) is 55.6. The minimum Gasteiger partial charge on any atom is 0 e. The molecule has 0 saturated heterocycles. The molecule has 0 heterocycles. The van der Waals surface area contributed by atoms with Crippen LogP contribution in [0, 0.1) is 9.64 Å². The van der Waals surface area contributed by atoms with Crippen molar-refractivity contribution < 1.29 is 63.9 Å². The van der Waals surface area contributed by atoms with Crippen molar-refractivity contribution in [3.8, 4) is 4.37 Å². The molecule has 4 heteroatoms. The average molecular weight is 439 g/mol. The van der Waals surface area contributed by atoms with Crippen LogP contribution in [0.15, 0.2) is 0 Å². The largest absolute Gasteiger partial charge is 0 e. The molecule has 0 saturated carbocycles. The van der Waals surface area contributed by atoms with Crippen LogP contribution in [0.3, 0.4) is 0 Å². The van der Waals surface area contributed by atoms with Gasteiger partial charge in [-0.25, -0.2) is 0 Å². The van der Waals surface area contributed by atoms with Crippen molar-refractivity contribution >= 4 is 0 Å². The van der Waals surface area contributed by atoms with Crippen LogP contribution >= 0.6 is 0 Å². The van der Waals surface area contributed by atoms with Crippen LogP contribution in [0.2, 0.25) is 0 Å². The predicted octanol–water partition coefficient (Wildman–Crippen LogP) is 0.00928. The molecule has 0 amide bonds. The van der Waals surface area contributed by atoms with Gasteiger partial charge in [0, 0.05) is 43.4 Å². The second kappa shape index (κ2) is 17.4. The van der Waals surface area contributed by atoms with Crippen molar-refractivity contribution in [3.05, 3.63) is 0 Å². The van der Waals surface area contributed by atoms with Gasteiger partial charge in [-0.05, 0) is 0 Å². The number of hydrogen-bond acceptors (Lipinski definition) is 1. The van der Waals surface area contributed by atoms with Crippen molar-refractivity contribution in [1.29, 1.82) is 5.26 Å². The third-order valence-corrected chi connectivity index (χ3v) is 0. The minimum atomic E-state index is 0. The topological polar surface area (TPSA) is 23.8 Å². The van der Waals surface area contributed by atoms with Crippen LogP contribution in [-0.4, -0.2) is 0 Å². The van der Waals surface area contributed by atoms with Gasteiger partial charge in [-0.3, -0.25) is 0 Å². The van der Waals surface area contributed by atoms with E-state index >= 15 is 0 Å². The van der Waals surface area contributed by atoms with E-state index in [2.05, 4.69) is 0 Å². The van der Waals surface area contributed by atoms with Gasteiger partial charge in [-0.2, -0.15) is 0 Å². The summed E-state index contributed by atoms with van der Waals surface area (Å²) >= 11 is 1.43. The van der Waals surface area contributed by atoms with Gasteiger partial charge in [0.05, 0.1) is 0 Å². The fourth-order valence-electron chi connectivity index (χ4n) is 0. The first-order valence-corrected chi connectivity index (χ1v) is 1.25. The van der Waals surface area contributed by atoms with Gasteiger partial charge in [-0.1, -0.05) is 0 Å². The molecule has 5 heavy (non-hydrogen) atoms. The maximum atomic E-state index is 7.32. The third-order valence-electron chi connectivity index (χ3n) is 0. The van der Waals surface area contributed by atoms with E-state index in [1.165, 1.54) is 20.4 Å². The van der Waals surface area contributed by atoms with E-state index in [1.807, 2.05) is 0 Å². The van der Waals surface area contributed by atoms with Gasteiger partial charge in [0.2, 0.25) is 0 Å². The Balaban J connectivity index is -0.0000000200. The fourth-order valence-corrected chi connectivity index (χ4v) is 0. The van der Waals surface area contributed by atoms with Crippen molar-refractivity contribution in [3.63, 3.8) is 0 Å². The molecule has 0 bridgehead atoms. The quantitative estimate of drug-likeness (QED) is 0.489. The number of nitrogens with zero attached hydrogens (tertiary/aromatic N) is 1. The van der Waals surface area contributed by atoms with Gasteiger partial charge in [0.25, 0.3) is 0 Å². The summed E-state index contributed by atoms with van der Waals surface area (Å²) in [6, 6.07) is 0. The molecule has 0 aliphatic carbocycles. The summed E-state index contributed by atoms with van der Waals surface area (Å²) in [5, 5.41) is 7.32. The summed E-state index contributed by atoms with van der Waals surface area (Å²) in [6.07, 6.45) is 0. The molecule has 24 valence electrons. The SMILES string of the molecule is N#[C][Ti].[Ta].[W]. The molecular weight excluding hydrogens is 439 g/mol. The van der Waals surface area contributed by atoms with Crippen LogP contribution < -0.4 is 0 Å². The number of nitriles is 1. The molecule has 0 aromatic carbocycles. The van der Waals surface area contributed by atoms with Crippen LogP contribution in [-0.2, 0) is 63.9 Å². The second-order valence-electron chi connectivity index (χ2n) is 0.112. The Bertz CT molecular complexity index is 33.1. The van der Waals surface area contributed by atoms with Gasteiger partial charge < -0.3 is 0 Å². The molecule has 0 atom stereocenters. The first kappa shape index (κ1) is 15.9. The average Bonchev–Trinajstić information content (AvgIpc) is 0.918. The van der Waals surface area contributed by atoms with Crippen molar-refractivity contribution in [2.45, 2.75) is 0 Å². The van der Waals surface area contributed by atoms with Crippen LogP contribution in [0.4, 0.5) is 0 Å². The van der Waals surface area contributed by atoms with E-state index in [-0.39, 0.29) is 43.4 Å². The van der Waals surface area contributed by atoms with E-state index in [4.69, 9.17) is 5.26 Å². The van der Waals surface area contributed by atoms with Gasteiger partial charge in [0.15, 0.2) is 0 Å². The maximum Gasteiger partial charge on any atom is 0 e. The molecule has 0 aromatic heterocycles. The van der Waals surface area contributed by atoms with Gasteiger partial charge >= 0.3 is 30.1 Å².